The Bertz CT molecular complexity index is 586. The van der Waals surface area contributed by atoms with Gasteiger partial charge in [0.2, 0.25) is 10.0 Å². The zero-order chi connectivity index (χ0) is 14.9. The van der Waals surface area contributed by atoms with Crippen molar-refractivity contribution in [1.29, 1.82) is 0 Å². The molecule has 1 aromatic carbocycles. The highest BCUT2D eigenvalue weighted by Gasteiger charge is 2.27. The lowest BCUT2D eigenvalue weighted by Crippen LogP contribution is -2.29. The summed E-state index contributed by atoms with van der Waals surface area (Å²) in [6, 6.07) is 4.55. The Morgan fingerprint density at radius 1 is 1.20 bits per heavy atom. The van der Waals surface area contributed by atoms with Gasteiger partial charge >= 0.3 is 0 Å². The number of hydrogen-bond acceptors (Lipinski definition) is 4. The van der Waals surface area contributed by atoms with Crippen LogP contribution in [0, 0.1) is 11.8 Å². The van der Waals surface area contributed by atoms with Gasteiger partial charge < -0.3 is 10.5 Å². The fourth-order valence-corrected chi connectivity index (χ4v) is 3.33. The minimum absolute atomic E-state index is 0.0327. The fraction of sp³-hybridized carbons (Fsp3) is 0.571. The van der Waals surface area contributed by atoms with Crippen molar-refractivity contribution in [2.45, 2.75) is 44.1 Å². The van der Waals surface area contributed by atoms with Gasteiger partial charge in [0.1, 0.15) is 10.6 Å². The van der Waals surface area contributed by atoms with E-state index in [1.165, 1.54) is 6.07 Å². The summed E-state index contributed by atoms with van der Waals surface area (Å²) in [6.07, 6.45) is 2.98. The quantitative estimate of drug-likeness (QED) is 0.835. The number of hydrogen-bond donors (Lipinski definition) is 2. The lowest BCUT2D eigenvalue weighted by molar-refractivity contribution is 0.0980. The van der Waals surface area contributed by atoms with Crippen molar-refractivity contribution in [3.8, 4) is 5.75 Å². The molecule has 1 saturated carbocycles. The van der Waals surface area contributed by atoms with Crippen LogP contribution in [0.5, 0.6) is 5.75 Å². The van der Waals surface area contributed by atoms with E-state index in [2.05, 4.69) is 13.8 Å². The van der Waals surface area contributed by atoms with Crippen LogP contribution in [-0.2, 0) is 10.0 Å². The number of anilines is 1. The Labute approximate surface area is 120 Å². The highest BCUT2D eigenvalue weighted by Crippen LogP contribution is 2.34. The van der Waals surface area contributed by atoms with Gasteiger partial charge in [0.05, 0.1) is 6.10 Å². The maximum absolute atomic E-state index is 11.6. The molecule has 1 aromatic rings. The van der Waals surface area contributed by atoms with Gasteiger partial charge in [0.25, 0.3) is 0 Å². The molecule has 5 nitrogen and oxygen atoms in total. The summed E-state index contributed by atoms with van der Waals surface area (Å²) in [5.41, 5.74) is 5.98. The molecule has 4 N–H and O–H groups in total. The third-order valence-electron chi connectivity index (χ3n) is 4.12. The van der Waals surface area contributed by atoms with Gasteiger partial charge in [-0.05, 0) is 49.3 Å². The largest absolute Gasteiger partial charge is 0.489 e. The van der Waals surface area contributed by atoms with Crippen LogP contribution < -0.4 is 15.6 Å². The molecule has 1 fully saturated rings. The van der Waals surface area contributed by atoms with Crippen molar-refractivity contribution in [3.63, 3.8) is 0 Å². The zero-order valence-electron chi connectivity index (χ0n) is 11.9. The molecule has 3 unspecified atom stereocenters. The molecule has 3 atom stereocenters. The van der Waals surface area contributed by atoms with Crippen molar-refractivity contribution < 1.29 is 13.2 Å². The van der Waals surface area contributed by atoms with Crippen LogP contribution in [0.25, 0.3) is 0 Å². The second-order valence-electron chi connectivity index (χ2n) is 5.76. The standard InChI is InChI=1S/C14H22N2O3S/c1-9-3-5-12(7-10(9)2)19-13-6-4-11(15)8-14(13)20(16,17)18/h4,6,8-10,12H,3,5,7,15H2,1-2H3,(H2,16,17,18). The van der Waals surface area contributed by atoms with E-state index < -0.39 is 10.0 Å². The zero-order valence-corrected chi connectivity index (χ0v) is 12.7. The average molecular weight is 298 g/mol. The Hall–Kier alpha value is -1.27. The Morgan fingerprint density at radius 3 is 2.50 bits per heavy atom. The van der Waals surface area contributed by atoms with Crippen LogP contribution in [0.4, 0.5) is 5.69 Å². The van der Waals surface area contributed by atoms with E-state index in [0.29, 0.717) is 23.3 Å². The van der Waals surface area contributed by atoms with Crippen LogP contribution in [0.15, 0.2) is 23.1 Å². The summed E-state index contributed by atoms with van der Waals surface area (Å²) in [7, 11) is -3.84. The molecule has 0 heterocycles. The topological polar surface area (TPSA) is 95.4 Å². The SMILES string of the molecule is CC1CCC(Oc2ccc(N)cc2S(N)(=O)=O)CC1C. The summed E-state index contributed by atoms with van der Waals surface area (Å²) >= 11 is 0. The Balaban J connectivity index is 2.22. The number of nitrogens with two attached hydrogens (primary N) is 2. The van der Waals surface area contributed by atoms with Gasteiger partial charge in [-0.3, -0.25) is 0 Å². The maximum atomic E-state index is 11.6. The smallest absolute Gasteiger partial charge is 0.241 e. The summed E-state index contributed by atoms with van der Waals surface area (Å²) in [5, 5.41) is 5.22. The number of benzene rings is 1. The van der Waals surface area contributed by atoms with Gasteiger partial charge in [-0.25, -0.2) is 13.6 Å². The molecule has 2 rings (SSSR count). The highest BCUT2D eigenvalue weighted by molar-refractivity contribution is 7.89. The second kappa shape index (κ2) is 5.61. The first-order chi connectivity index (χ1) is 9.27. The molecular formula is C14H22N2O3S. The molecule has 1 aliphatic carbocycles. The number of primary sulfonamides is 1. The number of nitrogen functional groups attached to an aromatic ring is 1. The van der Waals surface area contributed by atoms with Gasteiger partial charge in [-0.2, -0.15) is 0 Å². The van der Waals surface area contributed by atoms with Crippen LogP contribution in [-0.4, -0.2) is 14.5 Å². The molecule has 0 spiro atoms. The number of sulfonamides is 1. The molecule has 0 aromatic heterocycles. The van der Waals surface area contributed by atoms with Crippen molar-refractivity contribution in [3.05, 3.63) is 18.2 Å². The van der Waals surface area contributed by atoms with Crippen molar-refractivity contribution in [2.24, 2.45) is 17.0 Å². The molecule has 0 radical (unpaired) electrons. The van der Waals surface area contributed by atoms with Crippen molar-refractivity contribution in [2.75, 3.05) is 5.73 Å². The second-order valence-corrected chi connectivity index (χ2v) is 7.29. The Kier molecular flexibility index (Phi) is 4.25. The minimum Gasteiger partial charge on any atom is -0.489 e. The average Bonchev–Trinajstić information content (AvgIpc) is 2.35. The number of ether oxygens (including phenoxy) is 1. The van der Waals surface area contributed by atoms with E-state index in [0.717, 1.165) is 19.3 Å². The fourth-order valence-electron chi connectivity index (χ4n) is 2.63. The summed E-state index contributed by atoms with van der Waals surface area (Å²) in [6.45, 7) is 4.43. The van der Waals surface area contributed by atoms with Crippen LogP contribution in [0.3, 0.4) is 0 Å². The van der Waals surface area contributed by atoms with Crippen LogP contribution in [0.2, 0.25) is 0 Å². The molecule has 0 saturated heterocycles. The lowest BCUT2D eigenvalue weighted by atomic mass is 9.80. The third kappa shape index (κ3) is 3.43. The molecule has 0 bridgehead atoms. The normalized spacial score (nSPS) is 27.2. The predicted molar refractivity (Wildman–Crippen MR) is 78.8 cm³/mol. The van der Waals surface area contributed by atoms with E-state index >= 15 is 0 Å². The predicted octanol–water partition coefficient (Wildman–Crippen LogP) is 2.12. The lowest BCUT2D eigenvalue weighted by Gasteiger charge is -2.32. The summed E-state index contributed by atoms with van der Waals surface area (Å²) < 4.78 is 29.1. The molecule has 0 aliphatic heterocycles. The van der Waals surface area contributed by atoms with Crippen LogP contribution in [0.1, 0.15) is 33.1 Å². The Morgan fingerprint density at radius 2 is 1.90 bits per heavy atom. The highest BCUT2D eigenvalue weighted by atomic mass is 32.2. The van der Waals surface area contributed by atoms with Gasteiger partial charge in [0, 0.05) is 5.69 Å². The molecular weight excluding hydrogens is 276 g/mol. The number of rotatable bonds is 3. The van der Waals surface area contributed by atoms with Gasteiger partial charge in [-0.15, -0.1) is 0 Å². The van der Waals surface area contributed by atoms with E-state index in [1.54, 1.807) is 12.1 Å². The molecule has 112 valence electrons. The van der Waals surface area contributed by atoms with Crippen molar-refractivity contribution in [1.82, 2.24) is 0 Å². The minimum atomic E-state index is -3.84. The molecule has 0 amide bonds. The van der Waals surface area contributed by atoms with Gasteiger partial charge in [-0.1, -0.05) is 13.8 Å². The summed E-state index contributed by atoms with van der Waals surface area (Å²) in [4.78, 5) is -0.0382. The van der Waals surface area contributed by atoms with Crippen molar-refractivity contribution >= 4 is 15.7 Å². The first-order valence-corrected chi connectivity index (χ1v) is 8.41. The molecule has 6 heteroatoms. The third-order valence-corrected chi connectivity index (χ3v) is 5.05. The maximum Gasteiger partial charge on any atom is 0.241 e. The monoisotopic (exact) mass is 298 g/mol. The first kappa shape index (κ1) is 15.1. The van der Waals surface area contributed by atoms with E-state index in [-0.39, 0.29) is 11.0 Å². The van der Waals surface area contributed by atoms with E-state index in [9.17, 15) is 8.42 Å². The molecule has 1 aliphatic rings. The van der Waals surface area contributed by atoms with E-state index in [1.807, 2.05) is 0 Å². The summed E-state index contributed by atoms with van der Waals surface area (Å²) in [5.74, 6) is 1.55. The van der Waals surface area contributed by atoms with Gasteiger partial charge in [0.15, 0.2) is 0 Å². The molecule has 20 heavy (non-hydrogen) atoms. The first-order valence-electron chi connectivity index (χ1n) is 6.86. The van der Waals surface area contributed by atoms with Crippen LogP contribution >= 0.6 is 0 Å². The van der Waals surface area contributed by atoms with E-state index in [4.69, 9.17) is 15.6 Å².